The Morgan fingerprint density at radius 1 is 1.26 bits per heavy atom. The molecule has 2 unspecified atom stereocenters. The Balaban J connectivity index is 1.74. The Bertz CT molecular complexity index is 887. The highest BCUT2D eigenvalue weighted by atomic mass is 16.6. The first-order valence-electron chi connectivity index (χ1n) is 12.2. The molecule has 10 nitrogen and oxygen atoms in total. The number of fused-ring (bicyclic) bond motifs is 1. The number of carbonyl (C=O) groups is 2. The van der Waals surface area contributed by atoms with Crippen LogP contribution in [-0.4, -0.2) is 93.9 Å². The van der Waals surface area contributed by atoms with Crippen molar-refractivity contribution in [2.45, 2.75) is 45.3 Å². The van der Waals surface area contributed by atoms with Crippen LogP contribution in [0, 0.1) is 5.92 Å². The number of hydrogen-bond acceptors (Lipinski definition) is 8. The van der Waals surface area contributed by atoms with Gasteiger partial charge in [-0.2, -0.15) is 0 Å². The molecule has 1 saturated heterocycles. The summed E-state index contributed by atoms with van der Waals surface area (Å²) in [5, 5.41) is 13.5. The van der Waals surface area contributed by atoms with Gasteiger partial charge in [0.2, 0.25) is 0 Å². The molecule has 2 aliphatic rings. The highest BCUT2D eigenvalue weighted by Gasteiger charge is 2.30. The number of hydrogen-bond donors (Lipinski definition) is 2. The van der Waals surface area contributed by atoms with Gasteiger partial charge in [0.1, 0.15) is 5.60 Å². The van der Waals surface area contributed by atoms with Gasteiger partial charge in [0.25, 0.3) is 5.91 Å². The van der Waals surface area contributed by atoms with Crippen LogP contribution in [0.3, 0.4) is 0 Å². The predicted molar refractivity (Wildman–Crippen MR) is 131 cm³/mol. The number of carbonyl (C=O) groups excluding carboxylic acids is 2. The number of benzene rings is 1. The van der Waals surface area contributed by atoms with E-state index in [9.17, 15) is 14.7 Å². The zero-order chi connectivity index (χ0) is 25.6. The fourth-order valence-electron chi connectivity index (χ4n) is 4.08. The highest BCUT2D eigenvalue weighted by Crippen LogP contribution is 2.38. The number of aliphatic hydroxyl groups excluding tert-OH is 1. The summed E-state index contributed by atoms with van der Waals surface area (Å²) in [6, 6.07) is 3.29. The summed E-state index contributed by atoms with van der Waals surface area (Å²) in [5.74, 6) is 0.365. The van der Waals surface area contributed by atoms with Gasteiger partial charge in [-0.05, 0) is 39.8 Å². The van der Waals surface area contributed by atoms with E-state index in [0.29, 0.717) is 56.5 Å². The second-order valence-corrected chi connectivity index (χ2v) is 10.0. The van der Waals surface area contributed by atoms with E-state index in [1.54, 1.807) is 47.1 Å². The van der Waals surface area contributed by atoms with Gasteiger partial charge in [0.05, 0.1) is 37.2 Å². The van der Waals surface area contributed by atoms with Crippen LogP contribution >= 0.6 is 0 Å². The maximum absolute atomic E-state index is 13.3. The molecule has 2 amide bonds. The largest absolute Gasteiger partial charge is 0.489 e. The van der Waals surface area contributed by atoms with Gasteiger partial charge in [-0.25, -0.2) is 4.79 Å². The van der Waals surface area contributed by atoms with Crippen molar-refractivity contribution in [3.8, 4) is 11.5 Å². The molecule has 3 rings (SSSR count). The van der Waals surface area contributed by atoms with E-state index in [4.69, 9.17) is 18.9 Å². The molecule has 196 valence electrons. The van der Waals surface area contributed by atoms with Crippen molar-refractivity contribution >= 4 is 17.7 Å². The number of ether oxygens (including phenoxy) is 4. The van der Waals surface area contributed by atoms with Gasteiger partial charge < -0.3 is 29.4 Å². The number of amides is 2. The Morgan fingerprint density at radius 2 is 2.00 bits per heavy atom. The third-order valence-corrected chi connectivity index (χ3v) is 6.07. The number of methoxy groups -OCH3 is 1. The zero-order valence-corrected chi connectivity index (χ0v) is 21.5. The molecule has 2 atom stereocenters. The van der Waals surface area contributed by atoms with Crippen molar-refractivity contribution in [3.05, 3.63) is 17.7 Å². The van der Waals surface area contributed by atoms with E-state index < -0.39 is 17.8 Å². The van der Waals surface area contributed by atoms with Gasteiger partial charge in [-0.15, -0.1) is 0 Å². The summed E-state index contributed by atoms with van der Waals surface area (Å²) in [6.07, 6.45) is 0.370. The summed E-state index contributed by atoms with van der Waals surface area (Å²) >= 11 is 0. The van der Waals surface area contributed by atoms with Crippen LogP contribution in [0.4, 0.5) is 10.5 Å². The first kappa shape index (κ1) is 27.0. The number of aliphatic hydroxyl groups is 1. The van der Waals surface area contributed by atoms with Gasteiger partial charge in [0.15, 0.2) is 11.5 Å². The molecule has 0 aromatic heterocycles. The highest BCUT2D eigenvalue weighted by molar-refractivity contribution is 6.00. The van der Waals surface area contributed by atoms with Crippen molar-refractivity contribution in [2.24, 2.45) is 5.92 Å². The standard InChI is InChI=1S/C25H39N3O7/c1-25(2,3)35-24(31)27(4)18-13-19(22-21(14-18)33-10-6-11-34-22)23(30)26-15-17-7-8-28(9-12-32-5)16-20(17)29/h13-14,17,20,29H,6-12,15-16H2,1-5H3,(H,26,30). The van der Waals surface area contributed by atoms with Crippen LogP contribution in [0.15, 0.2) is 12.1 Å². The predicted octanol–water partition coefficient (Wildman–Crippen LogP) is 2.28. The molecule has 0 bridgehead atoms. The smallest absolute Gasteiger partial charge is 0.414 e. The molecule has 2 heterocycles. The fourth-order valence-corrected chi connectivity index (χ4v) is 4.08. The lowest BCUT2D eigenvalue weighted by molar-refractivity contribution is 0.0132. The summed E-state index contributed by atoms with van der Waals surface area (Å²) in [5.41, 5.74) is 0.0820. The molecular formula is C25H39N3O7. The quantitative estimate of drug-likeness (QED) is 0.595. The molecule has 1 aromatic rings. The summed E-state index contributed by atoms with van der Waals surface area (Å²) in [4.78, 5) is 29.4. The van der Waals surface area contributed by atoms with Gasteiger partial charge in [0, 0.05) is 52.2 Å². The molecular weight excluding hydrogens is 454 g/mol. The van der Waals surface area contributed by atoms with E-state index in [1.807, 2.05) is 0 Å². The van der Waals surface area contributed by atoms with Crippen LogP contribution < -0.4 is 19.7 Å². The number of β-amino-alcohol motifs (C(OH)–C–C–N with tert-alkyl or cyclic N) is 1. The number of nitrogens with one attached hydrogen (secondary N) is 1. The van der Waals surface area contributed by atoms with Gasteiger partial charge >= 0.3 is 6.09 Å². The van der Waals surface area contributed by atoms with E-state index in [2.05, 4.69) is 10.2 Å². The average molecular weight is 494 g/mol. The van der Waals surface area contributed by atoms with Gasteiger partial charge in [-0.1, -0.05) is 0 Å². The zero-order valence-electron chi connectivity index (χ0n) is 21.5. The van der Waals surface area contributed by atoms with Crippen molar-refractivity contribution in [1.29, 1.82) is 0 Å². The Morgan fingerprint density at radius 3 is 2.69 bits per heavy atom. The summed E-state index contributed by atoms with van der Waals surface area (Å²) in [7, 11) is 3.25. The maximum atomic E-state index is 13.3. The normalized spacial score (nSPS) is 20.6. The summed E-state index contributed by atoms with van der Waals surface area (Å²) < 4.78 is 22.3. The molecule has 2 aliphatic heterocycles. The van der Waals surface area contributed by atoms with Crippen molar-refractivity contribution in [1.82, 2.24) is 10.2 Å². The second kappa shape index (κ2) is 11.9. The number of rotatable bonds is 7. The fraction of sp³-hybridized carbons (Fsp3) is 0.680. The molecule has 0 saturated carbocycles. The lowest BCUT2D eigenvalue weighted by Gasteiger charge is -2.35. The molecule has 2 N–H and O–H groups in total. The molecule has 1 fully saturated rings. The van der Waals surface area contributed by atoms with Gasteiger partial charge in [-0.3, -0.25) is 14.6 Å². The Kier molecular flexibility index (Phi) is 9.21. The van der Waals surface area contributed by atoms with Crippen LogP contribution in [0.1, 0.15) is 44.0 Å². The third kappa shape index (κ3) is 7.46. The molecule has 0 spiro atoms. The molecule has 1 aromatic carbocycles. The molecule has 10 heteroatoms. The minimum Gasteiger partial charge on any atom is -0.489 e. The van der Waals surface area contributed by atoms with Crippen LogP contribution in [0.5, 0.6) is 11.5 Å². The van der Waals surface area contributed by atoms with Crippen molar-refractivity contribution in [2.75, 3.05) is 65.1 Å². The van der Waals surface area contributed by atoms with Crippen LogP contribution in [0.25, 0.3) is 0 Å². The number of likely N-dealkylation sites (tertiary alicyclic amines) is 1. The number of anilines is 1. The Labute approximate surface area is 207 Å². The Hall–Kier alpha value is -2.56. The molecule has 0 radical (unpaired) electrons. The minimum absolute atomic E-state index is 0.0545. The summed E-state index contributed by atoms with van der Waals surface area (Å²) in [6.45, 7) is 9.36. The number of piperidine rings is 1. The van der Waals surface area contributed by atoms with Crippen LogP contribution in [0.2, 0.25) is 0 Å². The minimum atomic E-state index is -0.656. The first-order valence-corrected chi connectivity index (χ1v) is 12.2. The average Bonchev–Trinajstić information content (AvgIpc) is 3.05. The maximum Gasteiger partial charge on any atom is 0.414 e. The number of nitrogens with zero attached hydrogens (tertiary/aromatic N) is 2. The van der Waals surface area contributed by atoms with Crippen molar-refractivity contribution in [3.63, 3.8) is 0 Å². The third-order valence-electron chi connectivity index (χ3n) is 6.07. The van der Waals surface area contributed by atoms with Crippen LogP contribution in [-0.2, 0) is 9.47 Å². The molecule has 0 aliphatic carbocycles. The topological polar surface area (TPSA) is 110 Å². The lowest BCUT2D eigenvalue weighted by atomic mass is 9.93. The second-order valence-electron chi connectivity index (χ2n) is 10.0. The van der Waals surface area contributed by atoms with Crippen molar-refractivity contribution < 1.29 is 33.6 Å². The lowest BCUT2D eigenvalue weighted by Crippen LogP contribution is -2.48. The van der Waals surface area contributed by atoms with E-state index in [0.717, 1.165) is 19.5 Å². The van der Waals surface area contributed by atoms with E-state index >= 15 is 0 Å². The monoisotopic (exact) mass is 493 g/mol. The van der Waals surface area contributed by atoms with E-state index in [-0.39, 0.29) is 17.4 Å². The molecule has 35 heavy (non-hydrogen) atoms. The van der Waals surface area contributed by atoms with E-state index in [1.165, 1.54) is 4.90 Å². The first-order chi connectivity index (χ1) is 16.6. The SMILES string of the molecule is COCCN1CCC(CNC(=O)c2cc(N(C)C(=O)OC(C)(C)C)cc3c2OCCCO3)C(O)C1.